The number of hydrogen-bond donors (Lipinski definition) is 2. The molecule has 0 saturated heterocycles. The first kappa shape index (κ1) is 15.1. The maximum Gasteiger partial charge on any atom is 0.246 e. The van der Waals surface area contributed by atoms with Crippen LogP contribution in [0.1, 0.15) is 25.0 Å². The van der Waals surface area contributed by atoms with E-state index < -0.39 is 0 Å². The van der Waals surface area contributed by atoms with Crippen LogP contribution in [0.25, 0.3) is 0 Å². The molecule has 2 rings (SSSR count). The Morgan fingerprint density at radius 3 is 2.81 bits per heavy atom. The van der Waals surface area contributed by atoms with Gasteiger partial charge >= 0.3 is 0 Å². The number of rotatable bonds is 5. The lowest BCUT2D eigenvalue weighted by Gasteiger charge is -2.15. The molecule has 0 aliphatic carbocycles. The van der Waals surface area contributed by atoms with E-state index in [4.69, 9.17) is 0 Å². The molecule has 2 N–H and O–H groups in total. The Kier molecular flexibility index (Phi) is 4.62. The number of amides is 1. The van der Waals surface area contributed by atoms with E-state index in [-0.39, 0.29) is 11.9 Å². The van der Waals surface area contributed by atoms with Crippen molar-refractivity contribution >= 4 is 17.3 Å². The van der Waals surface area contributed by atoms with Crippen molar-refractivity contribution in [3.05, 3.63) is 41.7 Å². The van der Waals surface area contributed by atoms with Crippen molar-refractivity contribution in [2.45, 2.75) is 40.3 Å². The fourth-order valence-electron chi connectivity index (χ4n) is 2.04. The molecule has 0 aliphatic rings. The van der Waals surface area contributed by atoms with E-state index in [0.29, 0.717) is 0 Å². The summed E-state index contributed by atoms with van der Waals surface area (Å²) in [6.07, 6.45) is 3.62. The highest BCUT2D eigenvalue weighted by Gasteiger charge is 2.14. The van der Waals surface area contributed by atoms with Crippen molar-refractivity contribution in [2.24, 2.45) is 0 Å². The standard InChI is InChI=1S/C16H22N4O/c1-5-20-10-14(9-17-20)18-13(4)16(21)19-15-8-11(2)6-7-12(15)3/h6-10,13,18H,5H2,1-4H3,(H,19,21)/t13-/m0/s1. The molecule has 21 heavy (non-hydrogen) atoms. The Hall–Kier alpha value is -2.30. The van der Waals surface area contributed by atoms with E-state index in [1.165, 1.54) is 0 Å². The molecular formula is C16H22N4O. The Bertz CT molecular complexity index is 633. The highest BCUT2D eigenvalue weighted by atomic mass is 16.2. The summed E-state index contributed by atoms with van der Waals surface area (Å²) in [5.41, 5.74) is 3.89. The normalized spacial score (nSPS) is 12.0. The van der Waals surface area contributed by atoms with Crippen LogP contribution in [0.4, 0.5) is 11.4 Å². The van der Waals surface area contributed by atoms with Crippen LogP contribution < -0.4 is 10.6 Å². The highest BCUT2D eigenvalue weighted by Crippen LogP contribution is 2.17. The molecule has 0 bridgehead atoms. The van der Waals surface area contributed by atoms with Gasteiger partial charge in [-0.1, -0.05) is 12.1 Å². The zero-order valence-corrected chi connectivity index (χ0v) is 13.0. The Balaban J connectivity index is 2.00. The molecule has 0 spiro atoms. The van der Waals surface area contributed by atoms with Gasteiger partial charge in [0.2, 0.25) is 5.91 Å². The van der Waals surface area contributed by atoms with Gasteiger partial charge in [0.25, 0.3) is 0 Å². The predicted octanol–water partition coefficient (Wildman–Crippen LogP) is 2.96. The lowest BCUT2D eigenvalue weighted by Crippen LogP contribution is -2.32. The largest absolute Gasteiger partial charge is 0.371 e. The Morgan fingerprint density at radius 2 is 2.14 bits per heavy atom. The lowest BCUT2D eigenvalue weighted by atomic mass is 10.1. The maximum absolute atomic E-state index is 12.3. The second-order valence-electron chi connectivity index (χ2n) is 5.26. The molecule has 112 valence electrons. The first-order valence-electron chi connectivity index (χ1n) is 7.16. The van der Waals surface area contributed by atoms with Gasteiger partial charge in [0, 0.05) is 18.4 Å². The predicted molar refractivity (Wildman–Crippen MR) is 85.5 cm³/mol. The van der Waals surface area contributed by atoms with E-state index in [1.54, 1.807) is 6.20 Å². The summed E-state index contributed by atoms with van der Waals surface area (Å²) in [5, 5.41) is 10.3. The van der Waals surface area contributed by atoms with Gasteiger partial charge in [-0.15, -0.1) is 0 Å². The summed E-state index contributed by atoms with van der Waals surface area (Å²) in [6.45, 7) is 8.66. The molecule has 0 fully saturated rings. The SMILES string of the molecule is CCn1cc(N[C@@H](C)C(=O)Nc2cc(C)ccc2C)cn1. The molecule has 1 heterocycles. The summed E-state index contributed by atoms with van der Waals surface area (Å²) in [7, 11) is 0. The van der Waals surface area contributed by atoms with E-state index in [0.717, 1.165) is 29.0 Å². The summed E-state index contributed by atoms with van der Waals surface area (Å²) in [5.74, 6) is -0.0621. The van der Waals surface area contributed by atoms with Crippen LogP contribution in [0.2, 0.25) is 0 Å². The molecule has 5 nitrogen and oxygen atoms in total. The number of anilines is 2. The van der Waals surface area contributed by atoms with Crippen molar-refractivity contribution in [2.75, 3.05) is 10.6 Å². The summed E-state index contributed by atoms with van der Waals surface area (Å²) >= 11 is 0. The maximum atomic E-state index is 12.3. The van der Waals surface area contributed by atoms with Gasteiger partial charge in [0.05, 0.1) is 11.9 Å². The van der Waals surface area contributed by atoms with Crippen LogP contribution in [0.3, 0.4) is 0 Å². The second-order valence-corrected chi connectivity index (χ2v) is 5.26. The van der Waals surface area contributed by atoms with E-state index in [9.17, 15) is 4.79 Å². The van der Waals surface area contributed by atoms with Crippen molar-refractivity contribution in [3.63, 3.8) is 0 Å². The summed E-state index contributed by atoms with van der Waals surface area (Å²) < 4.78 is 1.82. The minimum absolute atomic E-state index is 0.0621. The minimum Gasteiger partial charge on any atom is -0.371 e. The third-order valence-corrected chi connectivity index (χ3v) is 3.38. The van der Waals surface area contributed by atoms with Gasteiger partial charge < -0.3 is 10.6 Å². The van der Waals surface area contributed by atoms with Crippen molar-refractivity contribution in [3.8, 4) is 0 Å². The Morgan fingerprint density at radius 1 is 1.38 bits per heavy atom. The molecule has 1 aromatic heterocycles. The van der Waals surface area contributed by atoms with Crippen LogP contribution in [-0.2, 0) is 11.3 Å². The van der Waals surface area contributed by atoms with Gasteiger partial charge in [-0.05, 0) is 44.9 Å². The molecule has 0 unspecified atom stereocenters. The first-order valence-corrected chi connectivity index (χ1v) is 7.16. The summed E-state index contributed by atoms with van der Waals surface area (Å²) in [4.78, 5) is 12.3. The quantitative estimate of drug-likeness (QED) is 0.888. The fraction of sp³-hybridized carbons (Fsp3) is 0.375. The van der Waals surface area contributed by atoms with E-state index in [1.807, 2.05) is 56.8 Å². The van der Waals surface area contributed by atoms with E-state index >= 15 is 0 Å². The number of carbonyl (C=O) groups is 1. The van der Waals surface area contributed by atoms with Crippen LogP contribution in [0.15, 0.2) is 30.6 Å². The lowest BCUT2D eigenvalue weighted by molar-refractivity contribution is -0.116. The number of benzene rings is 1. The molecule has 1 aromatic carbocycles. The number of nitrogens with zero attached hydrogens (tertiary/aromatic N) is 2. The highest BCUT2D eigenvalue weighted by molar-refractivity contribution is 5.96. The zero-order chi connectivity index (χ0) is 15.4. The molecule has 1 amide bonds. The number of aryl methyl sites for hydroxylation is 3. The van der Waals surface area contributed by atoms with Crippen LogP contribution in [-0.4, -0.2) is 21.7 Å². The number of aromatic nitrogens is 2. The third kappa shape index (κ3) is 3.84. The average Bonchev–Trinajstić information content (AvgIpc) is 2.90. The van der Waals surface area contributed by atoms with Gasteiger partial charge in [0.15, 0.2) is 0 Å². The molecule has 5 heteroatoms. The molecule has 0 aliphatic heterocycles. The van der Waals surface area contributed by atoms with Crippen LogP contribution in [0.5, 0.6) is 0 Å². The topological polar surface area (TPSA) is 59.0 Å². The minimum atomic E-state index is -0.334. The van der Waals surface area contributed by atoms with E-state index in [2.05, 4.69) is 15.7 Å². The average molecular weight is 286 g/mol. The van der Waals surface area contributed by atoms with Gasteiger partial charge in [-0.25, -0.2) is 0 Å². The molecular weight excluding hydrogens is 264 g/mol. The van der Waals surface area contributed by atoms with Gasteiger partial charge in [0.1, 0.15) is 6.04 Å². The molecule has 2 aromatic rings. The van der Waals surface area contributed by atoms with Crippen molar-refractivity contribution in [1.82, 2.24) is 9.78 Å². The van der Waals surface area contributed by atoms with Crippen molar-refractivity contribution < 1.29 is 4.79 Å². The van der Waals surface area contributed by atoms with Gasteiger partial charge in [-0.3, -0.25) is 9.48 Å². The number of nitrogens with one attached hydrogen (secondary N) is 2. The molecule has 1 atom stereocenters. The van der Waals surface area contributed by atoms with Crippen LogP contribution in [0, 0.1) is 13.8 Å². The van der Waals surface area contributed by atoms with Crippen molar-refractivity contribution in [1.29, 1.82) is 0 Å². The zero-order valence-electron chi connectivity index (χ0n) is 13.0. The van der Waals surface area contributed by atoms with Crippen LogP contribution >= 0.6 is 0 Å². The first-order chi connectivity index (χ1) is 9.99. The summed E-state index contributed by atoms with van der Waals surface area (Å²) in [6, 6.07) is 5.69. The third-order valence-electron chi connectivity index (χ3n) is 3.38. The fourth-order valence-corrected chi connectivity index (χ4v) is 2.04. The Labute approximate surface area is 125 Å². The number of carbonyl (C=O) groups excluding carboxylic acids is 1. The number of hydrogen-bond acceptors (Lipinski definition) is 3. The molecule has 0 radical (unpaired) electrons. The second kappa shape index (κ2) is 6.43. The van der Waals surface area contributed by atoms with Gasteiger partial charge in [-0.2, -0.15) is 5.10 Å². The molecule has 0 saturated carbocycles. The monoisotopic (exact) mass is 286 g/mol. The smallest absolute Gasteiger partial charge is 0.246 e.